The summed E-state index contributed by atoms with van der Waals surface area (Å²) in [6.45, 7) is 1.90. The molecule has 0 fully saturated rings. The first kappa shape index (κ1) is 26.4. The first-order valence-electron chi connectivity index (χ1n) is 12.5. The number of ether oxygens (including phenoxy) is 4. The molecule has 0 radical (unpaired) electrons. The molecule has 39 heavy (non-hydrogen) atoms. The second kappa shape index (κ2) is 11.3. The van der Waals surface area contributed by atoms with E-state index in [0.29, 0.717) is 51.0 Å². The summed E-state index contributed by atoms with van der Waals surface area (Å²) in [5.41, 5.74) is 4.18. The van der Waals surface area contributed by atoms with E-state index in [1.807, 2.05) is 48.5 Å². The van der Waals surface area contributed by atoms with Crippen LogP contribution in [0.5, 0.6) is 11.5 Å². The molecule has 0 aliphatic carbocycles. The van der Waals surface area contributed by atoms with Crippen LogP contribution in [0.25, 0.3) is 0 Å². The number of dihydropyridines is 1. The topological polar surface area (TPSA) is 83.1 Å². The Labute approximate surface area is 232 Å². The van der Waals surface area contributed by atoms with Crippen LogP contribution >= 0.6 is 11.6 Å². The lowest BCUT2D eigenvalue weighted by molar-refractivity contribution is -0.147. The minimum Gasteiger partial charge on any atom is -0.493 e. The van der Waals surface area contributed by atoms with E-state index in [1.165, 1.54) is 0 Å². The Morgan fingerprint density at radius 1 is 1.00 bits per heavy atom. The molecule has 1 N–H and O–H groups in total. The molecule has 3 aromatic rings. The summed E-state index contributed by atoms with van der Waals surface area (Å²) in [6.07, 6.45) is -0.184. The molecule has 0 saturated carbocycles. The molecule has 0 bridgehead atoms. The standard InChI is InChI=1S/C31H28ClNO6/c1-18-27(30(34)38-17-19-9-5-4-6-10-19)28(21-11-7-8-12-22(21)32)29-23(33-18)16-25(39-31(29)35)20-13-14-24(36-2)26(15-20)37-3/h4-15,25,28,33H,16-17H2,1-3H3. The molecule has 2 aliphatic rings. The van der Waals surface area contributed by atoms with Crippen molar-refractivity contribution in [3.63, 3.8) is 0 Å². The number of halogens is 1. The fourth-order valence-corrected chi connectivity index (χ4v) is 5.29. The van der Waals surface area contributed by atoms with Crippen molar-refractivity contribution < 1.29 is 28.5 Å². The molecule has 2 heterocycles. The fraction of sp³-hybridized carbons (Fsp3) is 0.226. The highest BCUT2D eigenvalue weighted by atomic mass is 35.5. The number of allylic oxidation sites excluding steroid dienone is 1. The summed E-state index contributed by atoms with van der Waals surface area (Å²) in [7, 11) is 3.12. The van der Waals surface area contributed by atoms with Crippen LogP contribution in [0.2, 0.25) is 5.02 Å². The molecule has 0 saturated heterocycles. The normalized spacial score (nSPS) is 18.6. The number of rotatable bonds is 7. The third-order valence-corrected chi connectivity index (χ3v) is 7.28. The van der Waals surface area contributed by atoms with E-state index in [2.05, 4.69) is 5.32 Å². The second-order valence-electron chi connectivity index (χ2n) is 9.28. The summed E-state index contributed by atoms with van der Waals surface area (Å²) >= 11 is 6.62. The van der Waals surface area contributed by atoms with Gasteiger partial charge in [0.15, 0.2) is 11.5 Å². The maximum absolute atomic E-state index is 13.6. The van der Waals surface area contributed by atoms with Crippen molar-refractivity contribution in [2.24, 2.45) is 0 Å². The van der Waals surface area contributed by atoms with Crippen molar-refractivity contribution in [1.82, 2.24) is 5.32 Å². The van der Waals surface area contributed by atoms with Crippen molar-refractivity contribution in [1.29, 1.82) is 0 Å². The molecule has 8 heteroatoms. The van der Waals surface area contributed by atoms with E-state index >= 15 is 0 Å². The Morgan fingerprint density at radius 3 is 2.44 bits per heavy atom. The molecule has 2 atom stereocenters. The Kier molecular flexibility index (Phi) is 7.61. The zero-order valence-electron chi connectivity index (χ0n) is 21.8. The van der Waals surface area contributed by atoms with Gasteiger partial charge in [-0.2, -0.15) is 0 Å². The van der Waals surface area contributed by atoms with Crippen molar-refractivity contribution in [2.45, 2.75) is 32.0 Å². The Morgan fingerprint density at radius 2 is 1.72 bits per heavy atom. The van der Waals surface area contributed by atoms with E-state index < -0.39 is 24.0 Å². The number of esters is 2. The molecule has 2 unspecified atom stereocenters. The average molecular weight is 546 g/mol. The van der Waals surface area contributed by atoms with E-state index in [0.717, 1.165) is 11.1 Å². The summed E-state index contributed by atoms with van der Waals surface area (Å²) in [6, 6.07) is 22.0. The van der Waals surface area contributed by atoms with Gasteiger partial charge in [-0.05, 0) is 41.8 Å². The largest absolute Gasteiger partial charge is 0.493 e. The number of carbonyl (C=O) groups excluding carboxylic acids is 2. The second-order valence-corrected chi connectivity index (χ2v) is 9.69. The van der Waals surface area contributed by atoms with Crippen molar-refractivity contribution in [3.8, 4) is 11.5 Å². The molecular weight excluding hydrogens is 518 g/mol. The van der Waals surface area contributed by atoms with Crippen LogP contribution in [-0.2, 0) is 25.7 Å². The molecule has 0 amide bonds. The van der Waals surface area contributed by atoms with Crippen LogP contribution in [0.1, 0.15) is 42.1 Å². The quantitative estimate of drug-likeness (QED) is 0.364. The summed E-state index contributed by atoms with van der Waals surface area (Å²) in [4.78, 5) is 27.2. The van der Waals surface area contributed by atoms with Crippen LogP contribution in [0.4, 0.5) is 0 Å². The van der Waals surface area contributed by atoms with E-state index in [-0.39, 0.29) is 6.61 Å². The Bertz CT molecular complexity index is 1480. The lowest BCUT2D eigenvalue weighted by atomic mass is 9.78. The molecule has 200 valence electrons. The van der Waals surface area contributed by atoms with Gasteiger partial charge in [0.2, 0.25) is 0 Å². The molecular formula is C31H28ClNO6. The SMILES string of the molecule is COc1ccc(C2CC3=C(C(=O)O2)C(c2ccccc2Cl)C(C(=O)OCc2ccccc2)=C(C)N3)cc1OC. The van der Waals surface area contributed by atoms with Gasteiger partial charge < -0.3 is 24.3 Å². The zero-order chi connectivity index (χ0) is 27.5. The number of methoxy groups -OCH3 is 2. The van der Waals surface area contributed by atoms with Crippen molar-refractivity contribution in [2.75, 3.05) is 14.2 Å². The van der Waals surface area contributed by atoms with Crippen LogP contribution in [0, 0.1) is 0 Å². The summed E-state index contributed by atoms with van der Waals surface area (Å²) < 4.78 is 22.4. The van der Waals surface area contributed by atoms with E-state index in [4.69, 9.17) is 30.5 Å². The van der Waals surface area contributed by atoms with Gasteiger partial charge in [0.1, 0.15) is 12.7 Å². The van der Waals surface area contributed by atoms with Crippen molar-refractivity contribution >= 4 is 23.5 Å². The summed E-state index contributed by atoms with van der Waals surface area (Å²) in [5.74, 6) is -0.701. The van der Waals surface area contributed by atoms with Gasteiger partial charge in [0.05, 0.1) is 31.3 Å². The first-order chi connectivity index (χ1) is 18.9. The molecule has 0 aromatic heterocycles. The van der Waals surface area contributed by atoms with E-state index in [9.17, 15) is 9.59 Å². The van der Waals surface area contributed by atoms with Gasteiger partial charge >= 0.3 is 11.9 Å². The molecule has 2 aliphatic heterocycles. The van der Waals surface area contributed by atoms with Crippen LogP contribution in [0.15, 0.2) is 95.3 Å². The lowest BCUT2D eigenvalue weighted by Gasteiger charge is -2.36. The number of hydrogen-bond acceptors (Lipinski definition) is 7. The highest BCUT2D eigenvalue weighted by Crippen LogP contribution is 2.47. The highest BCUT2D eigenvalue weighted by molar-refractivity contribution is 6.31. The monoisotopic (exact) mass is 545 g/mol. The predicted molar refractivity (Wildman–Crippen MR) is 146 cm³/mol. The molecule has 7 nitrogen and oxygen atoms in total. The fourth-order valence-electron chi connectivity index (χ4n) is 5.05. The van der Waals surface area contributed by atoms with Gasteiger partial charge in [-0.1, -0.05) is 66.2 Å². The number of hydrogen-bond donors (Lipinski definition) is 1. The average Bonchev–Trinajstić information content (AvgIpc) is 2.95. The van der Waals surface area contributed by atoms with Crippen molar-refractivity contribution in [3.05, 3.63) is 117 Å². The van der Waals surface area contributed by atoms with Crippen LogP contribution in [0.3, 0.4) is 0 Å². The first-order valence-corrected chi connectivity index (χ1v) is 12.9. The number of nitrogens with one attached hydrogen (secondary N) is 1. The van der Waals surface area contributed by atoms with E-state index in [1.54, 1.807) is 45.4 Å². The predicted octanol–water partition coefficient (Wildman–Crippen LogP) is 6.00. The maximum Gasteiger partial charge on any atom is 0.337 e. The van der Waals surface area contributed by atoms with Crippen LogP contribution in [-0.4, -0.2) is 26.2 Å². The summed E-state index contributed by atoms with van der Waals surface area (Å²) in [5, 5.41) is 3.74. The van der Waals surface area contributed by atoms with Gasteiger partial charge in [0.25, 0.3) is 0 Å². The zero-order valence-corrected chi connectivity index (χ0v) is 22.6. The Balaban J connectivity index is 1.51. The third-order valence-electron chi connectivity index (χ3n) is 6.93. The highest BCUT2D eigenvalue weighted by Gasteiger charge is 2.43. The minimum atomic E-state index is -0.753. The number of benzene rings is 3. The third kappa shape index (κ3) is 5.22. The lowest BCUT2D eigenvalue weighted by Crippen LogP contribution is -2.37. The van der Waals surface area contributed by atoms with Crippen LogP contribution < -0.4 is 14.8 Å². The van der Waals surface area contributed by atoms with Gasteiger partial charge in [0, 0.05) is 22.8 Å². The minimum absolute atomic E-state index is 0.101. The van der Waals surface area contributed by atoms with Gasteiger partial charge in [-0.25, -0.2) is 9.59 Å². The number of carbonyl (C=O) groups is 2. The van der Waals surface area contributed by atoms with Gasteiger partial charge in [-0.3, -0.25) is 0 Å². The maximum atomic E-state index is 13.6. The molecule has 5 rings (SSSR count). The molecule has 3 aromatic carbocycles. The van der Waals surface area contributed by atoms with Gasteiger partial charge in [-0.15, -0.1) is 0 Å². The molecule has 0 spiro atoms. The number of cyclic esters (lactones) is 1. The Hall–Kier alpha value is -4.23. The smallest absolute Gasteiger partial charge is 0.337 e.